The molecule has 7 nitrogen and oxygen atoms in total. The fourth-order valence-electron chi connectivity index (χ4n) is 5.55. The van der Waals surface area contributed by atoms with E-state index in [0.717, 1.165) is 34.9 Å². The molecule has 2 fully saturated rings. The van der Waals surface area contributed by atoms with Gasteiger partial charge in [0.1, 0.15) is 5.92 Å². The van der Waals surface area contributed by atoms with Gasteiger partial charge < -0.3 is 9.47 Å². The van der Waals surface area contributed by atoms with Gasteiger partial charge >= 0.3 is 0 Å². The van der Waals surface area contributed by atoms with Crippen molar-refractivity contribution < 1.29 is 23.9 Å². The van der Waals surface area contributed by atoms with Crippen LogP contribution < -0.4 is 19.4 Å². The lowest BCUT2D eigenvalue weighted by Gasteiger charge is -2.29. The molecule has 0 bridgehead atoms. The molecule has 0 aliphatic carbocycles. The van der Waals surface area contributed by atoms with E-state index in [-0.39, 0.29) is 11.8 Å². The van der Waals surface area contributed by atoms with E-state index in [0.29, 0.717) is 30.4 Å². The summed E-state index contributed by atoms with van der Waals surface area (Å²) < 4.78 is 11.9. The molecule has 6 rings (SSSR count). The molecule has 0 radical (unpaired) electrons. The molecular formula is C33H32N2O5. The van der Waals surface area contributed by atoms with E-state index in [2.05, 4.69) is 6.92 Å². The summed E-state index contributed by atoms with van der Waals surface area (Å²) in [6, 6.07) is 28.3. The van der Waals surface area contributed by atoms with E-state index < -0.39 is 18.1 Å². The molecular weight excluding hydrogens is 504 g/mol. The molecule has 2 aliphatic heterocycles. The minimum atomic E-state index is -0.944. The van der Waals surface area contributed by atoms with Crippen molar-refractivity contribution in [2.24, 2.45) is 5.92 Å². The van der Waals surface area contributed by atoms with E-state index >= 15 is 0 Å². The first kappa shape index (κ1) is 25.9. The first-order chi connectivity index (χ1) is 19.6. The van der Waals surface area contributed by atoms with Gasteiger partial charge in [-0.25, -0.2) is 9.96 Å². The molecule has 2 amide bonds. The highest BCUT2D eigenvalue weighted by atomic mass is 16.7. The average molecular weight is 537 g/mol. The van der Waals surface area contributed by atoms with Crippen molar-refractivity contribution in [3.63, 3.8) is 0 Å². The third kappa shape index (κ3) is 4.56. The molecule has 204 valence electrons. The molecule has 7 heteroatoms. The Kier molecular flexibility index (Phi) is 7.13. The summed E-state index contributed by atoms with van der Waals surface area (Å²) in [6.07, 6.45) is 1.02. The number of anilines is 2. The second kappa shape index (κ2) is 11.0. The van der Waals surface area contributed by atoms with Crippen LogP contribution in [0.4, 0.5) is 11.4 Å². The maximum absolute atomic E-state index is 14.1. The molecule has 2 heterocycles. The standard InChI is InChI=1S/C33H32N2O5/c1-3-5-19-39-27-18-16-24(21-28(27)38-4-2)30-29-31(40-35(30)25-13-7-6-8-14-25)33(37)34(32(29)36)26-17-15-22-11-9-10-12-23(22)20-26/h6-18,20-21,29-31H,3-5,19H2,1-2H3. The Bertz CT molecular complexity index is 1540. The zero-order valence-electron chi connectivity index (χ0n) is 22.7. The van der Waals surface area contributed by atoms with E-state index in [1.807, 2.05) is 97.9 Å². The lowest BCUT2D eigenvalue weighted by Crippen LogP contribution is -2.37. The number of amides is 2. The number of unbranched alkanes of at least 4 members (excludes halogenated alkanes) is 1. The Hall–Kier alpha value is -4.36. The number of hydroxylamine groups is 1. The van der Waals surface area contributed by atoms with Gasteiger partial charge in [0.05, 0.1) is 30.6 Å². The number of nitrogens with zero attached hydrogens (tertiary/aromatic N) is 2. The molecule has 4 aromatic carbocycles. The Morgan fingerprint density at radius 2 is 1.52 bits per heavy atom. The van der Waals surface area contributed by atoms with E-state index in [1.165, 1.54) is 4.90 Å². The van der Waals surface area contributed by atoms with Gasteiger partial charge in [0.2, 0.25) is 5.91 Å². The van der Waals surface area contributed by atoms with Crippen molar-refractivity contribution in [3.05, 3.63) is 96.6 Å². The van der Waals surface area contributed by atoms with Crippen LogP contribution >= 0.6 is 0 Å². The molecule has 0 aromatic heterocycles. The number of carbonyl (C=O) groups is 2. The van der Waals surface area contributed by atoms with Crippen LogP contribution in [0.5, 0.6) is 11.5 Å². The smallest absolute Gasteiger partial charge is 0.266 e. The highest BCUT2D eigenvalue weighted by Crippen LogP contribution is 2.49. The summed E-state index contributed by atoms with van der Waals surface area (Å²) in [6.45, 7) is 5.10. The second-order valence-electron chi connectivity index (χ2n) is 10.0. The Balaban J connectivity index is 1.40. The first-order valence-electron chi connectivity index (χ1n) is 13.9. The zero-order chi connectivity index (χ0) is 27.6. The van der Waals surface area contributed by atoms with Crippen LogP contribution in [-0.2, 0) is 14.4 Å². The number of fused-ring (bicyclic) bond motifs is 2. The number of imide groups is 1. The monoisotopic (exact) mass is 536 g/mol. The van der Waals surface area contributed by atoms with Gasteiger partial charge in [-0.3, -0.25) is 14.4 Å². The number of ether oxygens (including phenoxy) is 2. The number of para-hydroxylation sites is 1. The minimum absolute atomic E-state index is 0.282. The predicted molar refractivity (Wildman–Crippen MR) is 154 cm³/mol. The fraction of sp³-hybridized carbons (Fsp3) is 0.273. The summed E-state index contributed by atoms with van der Waals surface area (Å²) in [5.74, 6) is -0.114. The predicted octanol–water partition coefficient (Wildman–Crippen LogP) is 6.47. The van der Waals surface area contributed by atoms with Crippen LogP contribution in [0.3, 0.4) is 0 Å². The Labute approximate surface area is 233 Å². The molecule has 3 atom stereocenters. The van der Waals surface area contributed by atoms with Crippen molar-refractivity contribution in [1.82, 2.24) is 0 Å². The summed E-state index contributed by atoms with van der Waals surface area (Å²) in [4.78, 5) is 35.5. The van der Waals surface area contributed by atoms with Crippen LogP contribution in [0.15, 0.2) is 91.0 Å². The third-order valence-electron chi connectivity index (χ3n) is 7.48. The molecule has 0 saturated carbocycles. The van der Waals surface area contributed by atoms with Gasteiger partial charge in [-0.2, -0.15) is 0 Å². The molecule has 0 N–H and O–H groups in total. The van der Waals surface area contributed by atoms with Gasteiger partial charge in [-0.1, -0.05) is 67.9 Å². The van der Waals surface area contributed by atoms with Crippen LogP contribution in [0, 0.1) is 5.92 Å². The maximum atomic E-state index is 14.1. The third-order valence-corrected chi connectivity index (χ3v) is 7.48. The second-order valence-corrected chi connectivity index (χ2v) is 10.0. The van der Waals surface area contributed by atoms with E-state index in [9.17, 15) is 9.59 Å². The van der Waals surface area contributed by atoms with Gasteiger partial charge in [-0.15, -0.1) is 0 Å². The Morgan fingerprint density at radius 3 is 2.30 bits per heavy atom. The summed E-state index contributed by atoms with van der Waals surface area (Å²) in [7, 11) is 0. The maximum Gasteiger partial charge on any atom is 0.266 e. The number of hydrogen-bond donors (Lipinski definition) is 0. The van der Waals surface area contributed by atoms with Crippen LogP contribution in [-0.4, -0.2) is 31.1 Å². The van der Waals surface area contributed by atoms with Crippen molar-refractivity contribution in [2.75, 3.05) is 23.2 Å². The van der Waals surface area contributed by atoms with Crippen LogP contribution in [0.25, 0.3) is 10.8 Å². The van der Waals surface area contributed by atoms with E-state index in [1.54, 1.807) is 5.06 Å². The number of hydrogen-bond acceptors (Lipinski definition) is 6. The van der Waals surface area contributed by atoms with Gasteiger partial charge in [-0.05, 0) is 66.1 Å². The molecule has 2 aliphatic rings. The van der Waals surface area contributed by atoms with Crippen molar-refractivity contribution in [1.29, 1.82) is 0 Å². The van der Waals surface area contributed by atoms with Crippen LogP contribution in [0.2, 0.25) is 0 Å². The van der Waals surface area contributed by atoms with Gasteiger partial charge in [0.25, 0.3) is 5.91 Å². The van der Waals surface area contributed by atoms with Gasteiger partial charge in [0.15, 0.2) is 17.6 Å². The topological polar surface area (TPSA) is 68.3 Å². The lowest BCUT2D eigenvalue weighted by atomic mass is 9.90. The molecule has 40 heavy (non-hydrogen) atoms. The summed E-state index contributed by atoms with van der Waals surface area (Å²) in [5, 5.41) is 3.70. The minimum Gasteiger partial charge on any atom is -0.490 e. The van der Waals surface area contributed by atoms with Crippen molar-refractivity contribution in [3.8, 4) is 11.5 Å². The quantitative estimate of drug-likeness (QED) is 0.180. The van der Waals surface area contributed by atoms with Crippen LogP contribution in [0.1, 0.15) is 38.3 Å². The lowest BCUT2D eigenvalue weighted by molar-refractivity contribution is -0.126. The molecule has 3 unspecified atom stereocenters. The van der Waals surface area contributed by atoms with Crippen molar-refractivity contribution >= 4 is 34.0 Å². The largest absolute Gasteiger partial charge is 0.490 e. The Morgan fingerprint density at radius 1 is 0.750 bits per heavy atom. The summed E-state index contributed by atoms with van der Waals surface area (Å²) in [5.41, 5.74) is 2.12. The normalized spacial score (nSPS) is 20.3. The highest BCUT2D eigenvalue weighted by Gasteiger charge is 2.60. The van der Waals surface area contributed by atoms with E-state index in [4.69, 9.17) is 14.3 Å². The SMILES string of the molecule is CCCCOc1ccc(C2C3C(=O)N(c4ccc5ccccc5c4)C(=O)C3ON2c2ccccc2)cc1OCC. The van der Waals surface area contributed by atoms with Crippen molar-refractivity contribution in [2.45, 2.75) is 38.8 Å². The molecule has 0 spiro atoms. The highest BCUT2D eigenvalue weighted by molar-refractivity contribution is 6.24. The first-order valence-corrected chi connectivity index (χ1v) is 13.9. The summed E-state index contributed by atoms with van der Waals surface area (Å²) >= 11 is 0. The zero-order valence-corrected chi connectivity index (χ0v) is 22.7. The number of rotatable bonds is 9. The molecule has 4 aromatic rings. The number of carbonyl (C=O) groups excluding carboxylic acids is 2. The molecule has 2 saturated heterocycles. The number of benzene rings is 4. The van der Waals surface area contributed by atoms with Gasteiger partial charge in [0, 0.05) is 0 Å². The fourth-order valence-corrected chi connectivity index (χ4v) is 5.55. The average Bonchev–Trinajstić information content (AvgIpc) is 3.49.